The van der Waals surface area contributed by atoms with Crippen molar-refractivity contribution < 1.29 is 13.2 Å². The normalized spacial score (nSPS) is 15.7. The second-order valence-electron chi connectivity index (χ2n) is 3.59. The van der Waals surface area contributed by atoms with E-state index in [2.05, 4.69) is 5.32 Å². The Morgan fingerprint density at radius 1 is 1.27 bits per heavy atom. The molecule has 0 saturated heterocycles. The molecule has 1 aromatic carbocycles. The number of benzene rings is 1. The van der Waals surface area contributed by atoms with Gasteiger partial charge >= 0.3 is 6.18 Å². The van der Waals surface area contributed by atoms with Crippen molar-refractivity contribution in [2.24, 2.45) is 0 Å². The van der Waals surface area contributed by atoms with Crippen LogP contribution in [0.1, 0.15) is 17.5 Å². The van der Waals surface area contributed by atoms with E-state index >= 15 is 0 Å². The Morgan fingerprint density at radius 2 is 2.00 bits per heavy atom. The van der Waals surface area contributed by atoms with E-state index in [0.717, 1.165) is 6.42 Å². The predicted octanol–water partition coefficient (Wildman–Crippen LogP) is 2.65. The van der Waals surface area contributed by atoms with E-state index < -0.39 is 11.7 Å². The molecular weight excluding hydrogens is 205 g/mol. The van der Waals surface area contributed by atoms with Gasteiger partial charge in [0.15, 0.2) is 0 Å². The minimum Gasteiger partial charge on any atom is -0.398 e. The van der Waals surface area contributed by atoms with Crippen LogP contribution in [0.25, 0.3) is 0 Å². The fourth-order valence-corrected chi connectivity index (χ4v) is 1.87. The highest BCUT2D eigenvalue weighted by Crippen LogP contribution is 2.41. The molecule has 1 aliphatic rings. The van der Waals surface area contributed by atoms with Crippen LogP contribution >= 0.6 is 0 Å². The minimum absolute atomic E-state index is 0.161. The van der Waals surface area contributed by atoms with E-state index in [1.54, 1.807) is 6.07 Å². The van der Waals surface area contributed by atoms with Gasteiger partial charge in [0.25, 0.3) is 0 Å². The molecule has 15 heavy (non-hydrogen) atoms. The molecular formula is C10H11F3N2. The van der Waals surface area contributed by atoms with Crippen LogP contribution in [0, 0.1) is 0 Å². The van der Waals surface area contributed by atoms with Crippen LogP contribution in [0.2, 0.25) is 0 Å². The Morgan fingerprint density at radius 3 is 2.67 bits per heavy atom. The first-order valence-electron chi connectivity index (χ1n) is 4.72. The summed E-state index contributed by atoms with van der Waals surface area (Å²) in [5.41, 5.74) is 5.29. The number of halogens is 3. The molecule has 82 valence electrons. The first-order chi connectivity index (χ1) is 7.00. The predicted molar refractivity (Wildman–Crippen MR) is 52.7 cm³/mol. The molecule has 5 heteroatoms. The number of rotatable bonds is 0. The average molecular weight is 216 g/mol. The lowest BCUT2D eigenvalue weighted by Gasteiger charge is -2.23. The molecule has 0 aliphatic carbocycles. The number of nitrogens with one attached hydrogen (secondary N) is 1. The van der Waals surface area contributed by atoms with E-state index in [9.17, 15) is 13.2 Å². The standard InChI is InChI=1S/C10H11F3N2/c11-10(12,13)8-7(14)4-3-6-2-1-5-15-9(6)8/h3-4,15H,1-2,5,14H2. The van der Waals surface area contributed by atoms with E-state index in [0.29, 0.717) is 18.5 Å². The average Bonchev–Trinajstić information content (AvgIpc) is 2.15. The molecule has 1 aliphatic heterocycles. The van der Waals surface area contributed by atoms with Crippen molar-refractivity contribution in [3.05, 3.63) is 23.3 Å². The Balaban J connectivity index is 2.60. The Hall–Kier alpha value is -1.39. The Labute approximate surface area is 85.3 Å². The highest BCUT2D eigenvalue weighted by molar-refractivity contribution is 5.69. The SMILES string of the molecule is Nc1ccc2c(c1C(F)(F)F)NCCC2. The smallest absolute Gasteiger partial charge is 0.398 e. The summed E-state index contributed by atoms with van der Waals surface area (Å²) in [6.07, 6.45) is -2.86. The summed E-state index contributed by atoms with van der Waals surface area (Å²) in [6, 6.07) is 2.99. The number of alkyl halides is 3. The highest BCUT2D eigenvalue weighted by atomic mass is 19.4. The zero-order valence-corrected chi connectivity index (χ0v) is 7.99. The van der Waals surface area contributed by atoms with Gasteiger partial charge in [0.1, 0.15) is 5.56 Å². The lowest BCUT2D eigenvalue weighted by molar-refractivity contribution is -0.136. The summed E-state index contributed by atoms with van der Waals surface area (Å²) >= 11 is 0. The van der Waals surface area contributed by atoms with E-state index in [1.807, 2.05) is 0 Å². The minimum atomic E-state index is -4.39. The number of fused-ring (bicyclic) bond motifs is 1. The molecule has 0 radical (unpaired) electrons. The zero-order chi connectivity index (χ0) is 11.1. The Kier molecular flexibility index (Phi) is 2.25. The molecule has 2 rings (SSSR count). The molecule has 0 spiro atoms. The van der Waals surface area contributed by atoms with Gasteiger partial charge in [-0.25, -0.2) is 0 Å². The highest BCUT2D eigenvalue weighted by Gasteiger charge is 2.37. The summed E-state index contributed by atoms with van der Waals surface area (Å²) < 4.78 is 38.1. The largest absolute Gasteiger partial charge is 0.420 e. The molecule has 1 heterocycles. The second-order valence-corrected chi connectivity index (χ2v) is 3.59. The lowest BCUT2D eigenvalue weighted by Crippen LogP contribution is -2.19. The van der Waals surface area contributed by atoms with Crippen LogP contribution in [0.3, 0.4) is 0 Å². The first-order valence-corrected chi connectivity index (χ1v) is 4.72. The van der Waals surface area contributed by atoms with Crippen molar-refractivity contribution >= 4 is 11.4 Å². The molecule has 0 amide bonds. The molecule has 0 aromatic heterocycles. The topological polar surface area (TPSA) is 38.0 Å². The van der Waals surface area contributed by atoms with Crippen LogP contribution in [0.15, 0.2) is 12.1 Å². The third-order valence-corrected chi connectivity index (χ3v) is 2.53. The number of aryl methyl sites for hydroxylation is 1. The molecule has 3 N–H and O–H groups in total. The van der Waals surface area contributed by atoms with Crippen LogP contribution in [-0.4, -0.2) is 6.54 Å². The van der Waals surface area contributed by atoms with Gasteiger partial charge < -0.3 is 11.1 Å². The quantitative estimate of drug-likeness (QED) is 0.654. The fraction of sp³-hybridized carbons (Fsp3) is 0.400. The third kappa shape index (κ3) is 1.73. The van der Waals surface area contributed by atoms with Crippen molar-refractivity contribution in [2.45, 2.75) is 19.0 Å². The van der Waals surface area contributed by atoms with Gasteiger partial charge in [-0.3, -0.25) is 0 Å². The maximum atomic E-state index is 12.7. The monoisotopic (exact) mass is 216 g/mol. The Bertz CT molecular complexity index is 385. The fourth-order valence-electron chi connectivity index (χ4n) is 1.87. The van der Waals surface area contributed by atoms with Gasteiger partial charge in [-0.1, -0.05) is 6.07 Å². The number of anilines is 2. The summed E-state index contributed by atoms with van der Waals surface area (Å²) in [5.74, 6) is 0. The van der Waals surface area contributed by atoms with Crippen molar-refractivity contribution in [1.82, 2.24) is 0 Å². The van der Waals surface area contributed by atoms with E-state index in [4.69, 9.17) is 5.73 Å². The second kappa shape index (κ2) is 3.32. The van der Waals surface area contributed by atoms with Gasteiger partial charge in [-0.05, 0) is 24.5 Å². The maximum absolute atomic E-state index is 12.7. The summed E-state index contributed by atoms with van der Waals surface area (Å²) in [5, 5.41) is 2.78. The summed E-state index contributed by atoms with van der Waals surface area (Å²) in [4.78, 5) is 0. The first kappa shape index (κ1) is 10.1. The van der Waals surface area contributed by atoms with Crippen molar-refractivity contribution in [3.63, 3.8) is 0 Å². The van der Waals surface area contributed by atoms with Crippen LogP contribution in [0.5, 0.6) is 0 Å². The van der Waals surface area contributed by atoms with Crippen molar-refractivity contribution in [2.75, 3.05) is 17.6 Å². The summed E-state index contributed by atoms with van der Waals surface area (Å²) in [7, 11) is 0. The molecule has 1 aromatic rings. The molecule has 0 fully saturated rings. The molecule has 0 atom stereocenters. The van der Waals surface area contributed by atoms with E-state index in [1.165, 1.54) is 6.07 Å². The number of hydrogen-bond donors (Lipinski definition) is 2. The third-order valence-electron chi connectivity index (χ3n) is 2.53. The number of nitrogen functional groups attached to an aromatic ring is 1. The summed E-state index contributed by atoms with van der Waals surface area (Å²) in [6.45, 7) is 0.569. The molecule has 0 saturated carbocycles. The van der Waals surface area contributed by atoms with Gasteiger partial charge in [0.05, 0.1) is 5.69 Å². The van der Waals surface area contributed by atoms with E-state index in [-0.39, 0.29) is 11.4 Å². The van der Waals surface area contributed by atoms with Crippen molar-refractivity contribution in [3.8, 4) is 0 Å². The number of hydrogen-bond acceptors (Lipinski definition) is 2. The van der Waals surface area contributed by atoms with Crippen molar-refractivity contribution in [1.29, 1.82) is 0 Å². The van der Waals surface area contributed by atoms with Gasteiger partial charge in [0, 0.05) is 12.2 Å². The van der Waals surface area contributed by atoms with Gasteiger partial charge in [-0.2, -0.15) is 13.2 Å². The lowest BCUT2D eigenvalue weighted by atomic mass is 9.98. The van der Waals surface area contributed by atoms with Gasteiger partial charge in [0.2, 0.25) is 0 Å². The molecule has 0 bridgehead atoms. The van der Waals surface area contributed by atoms with Crippen LogP contribution in [-0.2, 0) is 12.6 Å². The van der Waals surface area contributed by atoms with Gasteiger partial charge in [-0.15, -0.1) is 0 Å². The molecule has 0 unspecified atom stereocenters. The van der Waals surface area contributed by atoms with Crippen LogP contribution < -0.4 is 11.1 Å². The number of nitrogens with two attached hydrogens (primary N) is 1. The zero-order valence-electron chi connectivity index (χ0n) is 7.99. The maximum Gasteiger partial charge on any atom is 0.420 e. The molecule has 2 nitrogen and oxygen atoms in total. The van der Waals surface area contributed by atoms with Crippen LogP contribution in [0.4, 0.5) is 24.5 Å².